The zero-order valence-electron chi connectivity index (χ0n) is 9.33. The summed E-state index contributed by atoms with van der Waals surface area (Å²) in [4.78, 5) is 4.39. The van der Waals surface area contributed by atoms with Crippen molar-refractivity contribution in [3.63, 3.8) is 0 Å². The van der Waals surface area contributed by atoms with Crippen molar-refractivity contribution in [3.05, 3.63) is 0 Å². The molecule has 0 aliphatic carbocycles. The van der Waals surface area contributed by atoms with Gasteiger partial charge in [0.25, 0.3) is 0 Å². The largest absolute Gasteiger partial charge is 0.395 e. The predicted octanol–water partition coefficient (Wildman–Crippen LogP) is -0.287. The van der Waals surface area contributed by atoms with Gasteiger partial charge in [-0.2, -0.15) is 0 Å². The topological polar surface area (TPSA) is 65.9 Å². The highest BCUT2D eigenvalue weighted by Gasteiger charge is 2.14. The summed E-state index contributed by atoms with van der Waals surface area (Å²) < 4.78 is 5.47. The summed E-state index contributed by atoms with van der Waals surface area (Å²) in [7, 11) is 0. The van der Waals surface area contributed by atoms with Gasteiger partial charge in [0.2, 0.25) is 0 Å². The monoisotopic (exact) mass is 215 g/mol. The highest BCUT2D eigenvalue weighted by molar-refractivity contribution is 5.79. The molecular weight excluding hydrogens is 194 g/mol. The lowest BCUT2D eigenvalue weighted by Gasteiger charge is -2.11. The first-order chi connectivity index (χ1) is 7.36. The van der Waals surface area contributed by atoms with Crippen molar-refractivity contribution in [1.29, 1.82) is 0 Å². The molecule has 0 aromatic carbocycles. The Balaban J connectivity index is 2.28. The number of nitrogens with zero attached hydrogens (tertiary/aromatic N) is 1. The number of guanidine groups is 1. The third kappa shape index (κ3) is 4.99. The molecule has 0 aromatic rings. The van der Waals surface area contributed by atoms with Gasteiger partial charge < -0.3 is 20.5 Å². The van der Waals surface area contributed by atoms with Crippen LogP contribution in [0.5, 0.6) is 0 Å². The molecule has 0 amide bonds. The van der Waals surface area contributed by atoms with Gasteiger partial charge in [-0.25, -0.2) is 0 Å². The van der Waals surface area contributed by atoms with Crippen molar-refractivity contribution >= 4 is 5.96 Å². The zero-order valence-corrected chi connectivity index (χ0v) is 9.33. The highest BCUT2D eigenvalue weighted by Crippen LogP contribution is 2.11. The minimum absolute atomic E-state index is 0.115. The quantitative estimate of drug-likeness (QED) is 0.436. The summed E-state index contributed by atoms with van der Waals surface area (Å²) in [5, 5.41) is 14.8. The first-order valence-corrected chi connectivity index (χ1v) is 5.61. The Labute approximate surface area is 90.9 Å². The van der Waals surface area contributed by atoms with Gasteiger partial charge in [-0.1, -0.05) is 0 Å². The van der Waals surface area contributed by atoms with Crippen molar-refractivity contribution < 1.29 is 9.84 Å². The molecule has 1 saturated heterocycles. The summed E-state index contributed by atoms with van der Waals surface area (Å²) in [5.41, 5.74) is 0. The minimum Gasteiger partial charge on any atom is -0.395 e. The van der Waals surface area contributed by atoms with Crippen LogP contribution in [0.2, 0.25) is 0 Å². The van der Waals surface area contributed by atoms with Gasteiger partial charge in [0.15, 0.2) is 5.96 Å². The van der Waals surface area contributed by atoms with Gasteiger partial charge in [-0.15, -0.1) is 0 Å². The lowest BCUT2D eigenvalue weighted by molar-refractivity contribution is 0.117. The van der Waals surface area contributed by atoms with Gasteiger partial charge in [-0.05, 0) is 19.8 Å². The second-order valence-electron chi connectivity index (χ2n) is 3.51. The molecule has 1 heterocycles. The fourth-order valence-electron chi connectivity index (χ4n) is 1.50. The average molecular weight is 215 g/mol. The number of aliphatic hydroxyl groups is 1. The molecule has 1 fully saturated rings. The lowest BCUT2D eigenvalue weighted by atomic mass is 10.2. The Bertz CT molecular complexity index is 191. The molecule has 1 aliphatic heterocycles. The number of rotatable bonds is 5. The van der Waals surface area contributed by atoms with E-state index in [1.165, 1.54) is 0 Å². The Morgan fingerprint density at radius 3 is 3.00 bits per heavy atom. The maximum atomic E-state index is 8.69. The number of nitrogens with one attached hydrogen (secondary N) is 2. The van der Waals surface area contributed by atoms with Gasteiger partial charge in [-0.3, -0.25) is 4.99 Å². The third-order valence-corrected chi connectivity index (χ3v) is 2.23. The van der Waals surface area contributed by atoms with Crippen LogP contribution in [0.3, 0.4) is 0 Å². The van der Waals surface area contributed by atoms with Crippen LogP contribution in [0.4, 0.5) is 0 Å². The predicted molar refractivity (Wildman–Crippen MR) is 60.0 cm³/mol. The van der Waals surface area contributed by atoms with Crippen LogP contribution in [0.25, 0.3) is 0 Å². The summed E-state index contributed by atoms with van der Waals surface area (Å²) in [6, 6.07) is 0. The smallest absolute Gasteiger partial charge is 0.191 e. The molecule has 88 valence electrons. The normalized spacial score (nSPS) is 21.7. The molecule has 5 nitrogen and oxygen atoms in total. The fourth-order valence-corrected chi connectivity index (χ4v) is 1.50. The van der Waals surface area contributed by atoms with Crippen molar-refractivity contribution in [2.45, 2.75) is 25.9 Å². The number of aliphatic imine (C=N–C) groups is 1. The van der Waals surface area contributed by atoms with Gasteiger partial charge >= 0.3 is 0 Å². The Morgan fingerprint density at radius 2 is 2.40 bits per heavy atom. The molecule has 1 rings (SSSR count). The van der Waals surface area contributed by atoms with Crippen LogP contribution in [0.1, 0.15) is 19.8 Å². The van der Waals surface area contributed by atoms with Gasteiger partial charge in [0.05, 0.1) is 19.3 Å². The van der Waals surface area contributed by atoms with E-state index in [1.807, 2.05) is 6.92 Å². The van der Waals surface area contributed by atoms with Crippen LogP contribution >= 0.6 is 0 Å². The van der Waals surface area contributed by atoms with Crippen LogP contribution in [0, 0.1) is 0 Å². The van der Waals surface area contributed by atoms with Crippen molar-refractivity contribution in [3.8, 4) is 0 Å². The second kappa shape index (κ2) is 7.48. The van der Waals surface area contributed by atoms with E-state index in [-0.39, 0.29) is 12.7 Å². The molecule has 0 saturated carbocycles. The minimum atomic E-state index is 0.115. The second-order valence-corrected chi connectivity index (χ2v) is 3.51. The number of ether oxygens (including phenoxy) is 1. The number of aliphatic hydroxyl groups excluding tert-OH is 1. The Morgan fingerprint density at radius 1 is 1.53 bits per heavy atom. The molecule has 1 aliphatic rings. The summed E-state index contributed by atoms with van der Waals surface area (Å²) >= 11 is 0. The summed E-state index contributed by atoms with van der Waals surface area (Å²) in [6.07, 6.45) is 2.51. The molecule has 1 atom stereocenters. The molecule has 3 N–H and O–H groups in total. The van der Waals surface area contributed by atoms with E-state index in [0.29, 0.717) is 13.1 Å². The highest BCUT2D eigenvalue weighted by atomic mass is 16.5. The molecule has 0 radical (unpaired) electrons. The molecule has 5 heteroatoms. The van der Waals surface area contributed by atoms with Gasteiger partial charge in [0.1, 0.15) is 0 Å². The molecule has 15 heavy (non-hydrogen) atoms. The van der Waals surface area contributed by atoms with Crippen molar-refractivity contribution in [1.82, 2.24) is 10.6 Å². The third-order valence-electron chi connectivity index (χ3n) is 2.23. The zero-order chi connectivity index (χ0) is 10.9. The van der Waals surface area contributed by atoms with Crippen molar-refractivity contribution in [2.75, 3.05) is 32.8 Å². The van der Waals surface area contributed by atoms with E-state index >= 15 is 0 Å². The van der Waals surface area contributed by atoms with Crippen LogP contribution in [0.15, 0.2) is 4.99 Å². The van der Waals surface area contributed by atoms with Crippen LogP contribution in [-0.2, 0) is 4.74 Å². The first kappa shape index (κ1) is 12.3. The molecule has 0 aromatic heterocycles. The van der Waals surface area contributed by atoms with Crippen LogP contribution in [-0.4, -0.2) is 50.0 Å². The van der Waals surface area contributed by atoms with Crippen LogP contribution < -0.4 is 10.6 Å². The summed E-state index contributed by atoms with van der Waals surface area (Å²) in [6.45, 7) is 5.04. The standard InChI is InChI=1S/C10H21N3O2/c1-2-11-10(12-5-6-14)13-8-9-4-3-7-15-9/h9,14H,2-8H2,1H3,(H2,11,12,13). The van der Waals surface area contributed by atoms with Gasteiger partial charge in [0, 0.05) is 19.7 Å². The Hall–Kier alpha value is -0.810. The fraction of sp³-hybridized carbons (Fsp3) is 0.900. The molecule has 0 spiro atoms. The lowest BCUT2D eigenvalue weighted by Crippen LogP contribution is -2.39. The Kier molecular flexibility index (Phi) is 6.11. The van der Waals surface area contributed by atoms with E-state index in [4.69, 9.17) is 9.84 Å². The SMILES string of the molecule is CCNC(=NCC1CCCO1)NCCO. The van der Waals surface area contributed by atoms with E-state index in [0.717, 1.165) is 32.0 Å². The molecule has 1 unspecified atom stereocenters. The maximum absolute atomic E-state index is 8.69. The maximum Gasteiger partial charge on any atom is 0.191 e. The molecular formula is C10H21N3O2. The number of hydrogen-bond acceptors (Lipinski definition) is 3. The first-order valence-electron chi connectivity index (χ1n) is 5.61. The number of hydrogen-bond donors (Lipinski definition) is 3. The molecule has 0 bridgehead atoms. The van der Waals surface area contributed by atoms with E-state index in [9.17, 15) is 0 Å². The average Bonchev–Trinajstić information content (AvgIpc) is 2.75. The summed E-state index contributed by atoms with van der Waals surface area (Å²) in [5.74, 6) is 0.752. The van der Waals surface area contributed by atoms with Crippen molar-refractivity contribution in [2.24, 2.45) is 4.99 Å². The van der Waals surface area contributed by atoms with E-state index < -0.39 is 0 Å². The van der Waals surface area contributed by atoms with E-state index in [2.05, 4.69) is 15.6 Å². The van der Waals surface area contributed by atoms with E-state index in [1.54, 1.807) is 0 Å².